The van der Waals surface area contributed by atoms with Crippen LogP contribution in [-0.2, 0) is 11.3 Å². The van der Waals surface area contributed by atoms with Crippen molar-refractivity contribution >= 4 is 5.91 Å². The summed E-state index contributed by atoms with van der Waals surface area (Å²) < 4.78 is 0. The van der Waals surface area contributed by atoms with Gasteiger partial charge in [-0.25, -0.2) is 5.84 Å². The van der Waals surface area contributed by atoms with E-state index in [0.717, 1.165) is 17.9 Å². The quantitative estimate of drug-likeness (QED) is 0.460. The molecule has 0 aromatic carbocycles. The van der Waals surface area contributed by atoms with Crippen molar-refractivity contribution in [3.05, 3.63) is 29.6 Å². The number of nitrogens with one attached hydrogen (secondary N) is 1. The summed E-state index contributed by atoms with van der Waals surface area (Å²) in [4.78, 5) is 18.5. The van der Waals surface area contributed by atoms with Gasteiger partial charge in [0.15, 0.2) is 0 Å². The van der Waals surface area contributed by atoms with Gasteiger partial charge >= 0.3 is 0 Å². The van der Waals surface area contributed by atoms with Crippen LogP contribution in [0.5, 0.6) is 0 Å². The fourth-order valence-corrected chi connectivity index (χ4v) is 2.28. The van der Waals surface area contributed by atoms with Gasteiger partial charge in [0.1, 0.15) is 0 Å². The number of aryl methyl sites for hydroxylation is 1. The first-order chi connectivity index (χ1) is 8.99. The Morgan fingerprint density at radius 2 is 2.16 bits per heavy atom. The summed E-state index contributed by atoms with van der Waals surface area (Å²) in [6.45, 7) is 9.46. The molecule has 1 rings (SSSR count). The average molecular weight is 264 g/mol. The zero-order chi connectivity index (χ0) is 14.4. The normalized spacial score (nSPS) is 12.8. The van der Waals surface area contributed by atoms with Crippen LogP contribution in [0.3, 0.4) is 0 Å². The average Bonchev–Trinajstić information content (AvgIpc) is 2.37. The number of pyridine rings is 1. The van der Waals surface area contributed by atoms with Gasteiger partial charge in [-0.15, -0.1) is 0 Å². The monoisotopic (exact) mass is 264 g/mol. The predicted octanol–water partition coefficient (Wildman–Crippen LogP) is 1.23. The van der Waals surface area contributed by atoms with Crippen molar-refractivity contribution in [2.24, 2.45) is 11.8 Å². The lowest BCUT2D eigenvalue weighted by atomic mass is 10.0. The van der Waals surface area contributed by atoms with Crippen LogP contribution in [0.4, 0.5) is 0 Å². The lowest BCUT2D eigenvalue weighted by Gasteiger charge is -2.31. The third-order valence-corrected chi connectivity index (χ3v) is 3.15. The molecule has 3 N–H and O–H groups in total. The maximum atomic E-state index is 11.9. The number of rotatable bonds is 6. The number of likely N-dealkylation sites (N-methyl/N-ethyl adjacent to an activating group) is 1. The number of hydrogen-bond acceptors (Lipinski definition) is 4. The minimum absolute atomic E-state index is 0.149. The van der Waals surface area contributed by atoms with Crippen molar-refractivity contribution in [2.75, 3.05) is 6.54 Å². The Morgan fingerprint density at radius 3 is 2.63 bits per heavy atom. The third kappa shape index (κ3) is 4.29. The first-order valence-electron chi connectivity index (χ1n) is 6.66. The molecule has 106 valence electrons. The fraction of sp³-hybridized carbons (Fsp3) is 0.571. The largest absolute Gasteiger partial charge is 0.293 e. The van der Waals surface area contributed by atoms with Crippen molar-refractivity contribution in [3.63, 3.8) is 0 Å². The molecular weight excluding hydrogens is 240 g/mol. The van der Waals surface area contributed by atoms with Crippen LogP contribution in [0.15, 0.2) is 18.2 Å². The molecule has 1 atom stereocenters. The Morgan fingerprint density at radius 1 is 1.47 bits per heavy atom. The van der Waals surface area contributed by atoms with Crippen molar-refractivity contribution in [1.29, 1.82) is 0 Å². The van der Waals surface area contributed by atoms with Crippen LogP contribution in [-0.4, -0.2) is 28.4 Å². The highest BCUT2D eigenvalue weighted by atomic mass is 16.2. The zero-order valence-electron chi connectivity index (χ0n) is 12.2. The number of hydrazine groups is 1. The number of carbonyl (C=O) groups is 1. The van der Waals surface area contributed by atoms with E-state index in [1.54, 1.807) is 0 Å². The first kappa shape index (κ1) is 15.6. The van der Waals surface area contributed by atoms with Gasteiger partial charge in [-0.05, 0) is 31.5 Å². The van der Waals surface area contributed by atoms with Crippen LogP contribution in [0.1, 0.15) is 32.2 Å². The van der Waals surface area contributed by atoms with Gasteiger partial charge in [-0.1, -0.05) is 26.8 Å². The Kier molecular flexibility index (Phi) is 5.92. The molecule has 1 heterocycles. The summed E-state index contributed by atoms with van der Waals surface area (Å²) in [5.74, 6) is 5.32. The SMILES string of the molecule is CCN(Cc1cccc(C)n1)C(C(=O)NN)C(C)C. The molecule has 0 radical (unpaired) electrons. The van der Waals surface area contributed by atoms with Gasteiger partial charge in [0.25, 0.3) is 5.91 Å². The first-order valence-corrected chi connectivity index (χ1v) is 6.66. The van der Waals surface area contributed by atoms with Crippen LogP contribution in [0, 0.1) is 12.8 Å². The molecule has 1 aromatic rings. The van der Waals surface area contributed by atoms with E-state index in [9.17, 15) is 4.79 Å². The van der Waals surface area contributed by atoms with Crippen LogP contribution < -0.4 is 11.3 Å². The summed E-state index contributed by atoms with van der Waals surface area (Å²) in [5.41, 5.74) is 4.21. The van der Waals surface area contributed by atoms with E-state index < -0.39 is 0 Å². The summed E-state index contributed by atoms with van der Waals surface area (Å²) in [5, 5.41) is 0. The van der Waals surface area contributed by atoms with Crippen molar-refractivity contribution in [3.8, 4) is 0 Å². The second kappa shape index (κ2) is 7.21. The summed E-state index contributed by atoms with van der Waals surface area (Å²) in [6, 6.07) is 5.69. The van der Waals surface area contributed by atoms with Gasteiger partial charge in [-0.2, -0.15) is 0 Å². The predicted molar refractivity (Wildman–Crippen MR) is 76.0 cm³/mol. The second-order valence-electron chi connectivity index (χ2n) is 5.03. The molecule has 0 bridgehead atoms. The molecule has 19 heavy (non-hydrogen) atoms. The number of carbonyl (C=O) groups excluding carboxylic acids is 1. The maximum absolute atomic E-state index is 11.9. The van der Waals surface area contributed by atoms with Crippen LogP contribution in [0.25, 0.3) is 0 Å². The Hall–Kier alpha value is -1.46. The second-order valence-corrected chi connectivity index (χ2v) is 5.03. The van der Waals surface area contributed by atoms with Gasteiger partial charge in [0, 0.05) is 12.2 Å². The summed E-state index contributed by atoms with van der Waals surface area (Å²) in [6.07, 6.45) is 0. The third-order valence-electron chi connectivity index (χ3n) is 3.15. The molecule has 1 aromatic heterocycles. The zero-order valence-corrected chi connectivity index (χ0v) is 12.2. The van der Waals surface area contributed by atoms with E-state index in [1.807, 2.05) is 45.9 Å². The molecule has 5 nitrogen and oxygen atoms in total. The van der Waals surface area contributed by atoms with Crippen molar-refractivity contribution < 1.29 is 4.79 Å². The molecule has 0 aliphatic rings. The summed E-state index contributed by atoms with van der Waals surface area (Å²) in [7, 11) is 0. The van der Waals surface area contributed by atoms with E-state index in [1.165, 1.54) is 0 Å². The molecule has 0 aliphatic heterocycles. The minimum atomic E-state index is -0.239. The summed E-state index contributed by atoms with van der Waals surface area (Å²) >= 11 is 0. The Bertz CT molecular complexity index is 420. The van der Waals surface area contributed by atoms with Crippen molar-refractivity contribution in [1.82, 2.24) is 15.3 Å². The van der Waals surface area contributed by atoms with Crippen LogP contribution in [0.2, 0.25) is 0 Å². The molecule has 0 spiro atoms. The van der Waals surface area contributed by atoms with Crippen molar-refractivity contribution in [2.45, 2.75) is 40.3 Å². The van der Waals surface area contributed by atoms with E-state index in [2.05, 4.69) is 15.3 Å². The Labute approximate surface area is 115 Å². The lowest BCUT2D eigenvalue weighted by Crippen LogP contribution is -2.51. The topological polar surface area (TPSA) is 71.2 Å². The van der Waals surface area contributed by atoms with E-state index in [0.29, 0.717) is 6.54 Å². The maximum Gasteiger partial charge on any atom is 0.251 e. The van der Waals surface area contributed by atoms with Gasteiger partial charge in [0.05, 0.1) is 11.7 Å². The van der Waals surface area contributed by atoms with E-state index in [4.69, 9.17) is 5.84 Å². The fourth-order valence-electron chi connectivity index (χ4n) is 2.28. The molecule has 5 heteroatoms. The molecular formula is C14H24N4O. The molecule has 0 fully saturated rings. The number of nitrogens with two attached hydrogens (primary N) is 1. The number of hydrogen-bond donors (Lipinski definition) is 2. The highest BCUT2D eigenvalue weighted by Gasteiger charge is 2.27. The van der Waals surface area contributed by atoms with E-state index >= 15 is 0 Å². The highest BCUT2D eigenvalue weighted by molar-refractivity contribution is 5.81. The lowest BCUT2D eigenvalue weighted by molar-refractivity contribution is -0.128. The molecule has 1 amide bonds. The van der Waals surface area contributed by atoms with Gasteiger partial charge in [0.2, 0.25) is 0 Å². The Balaban J connectivity index is 2.89. The minimum Gasteiger partial charge on any atom is -0.293 e. The standard InChI is InChI=1S/C14H24N4O/c1-5-18(13(10(2)3)14(19)17-15)9-12-8-6-7-11(4)16-12/h6-8,10,13H,5,9,15H2,1-4H3,(H,17,19). The number of amides is 1. The molecule has 0 aliphatic carbocycles. The highest BCUT2D eigenvalue weighted by Crippen LogP contribution is 2.14. The van der Waals surface area contributed by atoms with Gasteiger partial charge in [-0.3, -0.25) is 20.1 Å². The number of aromatic nitrogens is 1. The smallest absolute Gasteiger partial charge is 0.251 e. The molecule has 0 saturated carbocycles. The number of nitrogens with zero attached hydrogens (tertiary/aromatic N) is 2. The van der Waals surface area contributed by atoms with Gasteiger partial charge < -0.3 is 0 Å². The molecule has 1 unspecified atom stereocenters. The van der Waals surface area contributed by atoms with E-state index in [-0.39, 0.29) is 17.9 Å². The molecule has 0 saturated heterocycles. The van der Waals surface area contributed by atoms with Crippen LogP contribution >= 0.6 is 0 Å².